The highest BCUT2D eigenvalue weighted by molar-refractivity contribution is 5.10. The summed E-state index contributed by atoms with van der Waals surface area (Å²) in [7, 11) is 0. The molecule has 2 saturated heterocycles. The summed E-state index contributed by atoms with van der Waals surface area (Å²) >= 11 is 0. The minimum Gasteiger partial charge on any atom is -0.394 e. The Balaban J connectivity index is 1.05. The highest BCUT2D eigenvalue weighted by Crippen LogP contribution is 2.68. The van der Waals surface area contributed by atoms with Crippen molar-refractivity contribution in [2.45, 2.75) is 179 Å². The topological polar surface area (TPSA) is 179 Å². The number of rotatable bonds is 11. The van der Waals surface area contributed by atoms with Crippen LogP contribution in [0, 0.1) is 52.3 Å². The molecule has 2 heterocycles. The van der Waals surface area contributed by atoms with Crippen LogP contribution in [-0.2, 0) is 18.9 Å². The zero-order valence-electron chi connectivity index (χ0n) is 31.1. The first-order chi connectivity index (χ1) is 23.7. The lowest BCUT2D eigenvalue weighted by Gasteiger charge is -2.61. The lowest BCUT2D eigenvalue weighted by atomic mass is 9.44. The second kappa shape index (κ2) is 15.7. The molecule has 2 aliphatic heterocycles. The van der Waals surface area contributed by atoms with Crippen LogP contribution in [-0.4, -0.2) is 116 Å². The molecule has 6 aliphatic rings. The molecule has 290 valence electrons. The number of hydrogen-bond donors (Lipinski definition) is 7. The van der Waals surface area contributed by atoms with Crippen molar-refractivity contribution in [3.63, 3.8) is 0 Å². The molecule has 4 saturated carbocycles. The molecule has 19 atom stereocenters. The van der Waals surface area contributed by atoms with Crippen LogP contribution in [0.4, 0.5) is 0 Å². The third-order valence-corrected chi connectivity index (χ3v) is 15.1. The van der Waals surface area contributed by atoms with Crippen LogP contribution in [0.2, 0.25) is 0 Å². The van der Waals surface area contributed by atoms with Crippen LogP contribution >= 0.6 is 0 Å². The standard InChI is InChI=1S/C39H68O11/c1-20(2)7-6-8-21(3)25-11-12-26-24-10-9-22-17-23(13-15-38(22,4)27(24)14-16-39(25,26)5)47-36-34(46)32(44)35(29(19-41)49-36)50-37-33(45)31(43)30(42)28(18-40)48-37/h20-37,40-46H,6-19H2,1-5H3/t21-,22+,23+,24+,25?,26+,27+,28+,29+,30-,31+,32-,33+,34+,35-,36-,37+,38+,39-/m1/s1. The second-order valence-electron chi connectivity index (χ2n) is 18.2. The van der Waals surface area contributed by atoms with Gasteiger partial charge in [0.1, 0.15) is 48.8 Å². The van der Waals surface area contributed by atoms with Crippen molar-refractivity contribution in [1.82, 2.24) is 0 Å². The first-order valence-corrected chi connectivity index (χ1v) is 20.0. The molecule has 0 aromatic heterocycles. The predicted octanol–water partition coefficient (Wildman–Crippen LogP) is 3.12. The van der Waals surface area contributed by atoms with E-state index in [0.29, 0.717) is 11.3 Å². The minimum absolute atomic E-state index is 0.157. The summed E-state index contributed by atoms with van der Waals surface area (Å²) in [4.78, 5) is 0. The van der Waals surface area contributed by atoms with Crippen molar-refractivity contribution in [3.05, 3.63) is 0 Å². The van der Waals surface area contributed by atoms with Crippen LogP contribution in [0.5, 0.6) is 0 Å². The van der Waals surface area contributed by atoms with Crippen LogP contribution in [0.15, 0.2) is 0 Å². The van der Waals surface area contributed by atoms with E-state index in [9.17, 15) is 35.7 Å². The average molecular weight is 713 g/mol. The second-order valence-corrected chi connectivity index (χ2v) is 18.2. The molecule has 0 bridgehead atoms. The Morgan fingerprint density at radius 2 is 1.30 bits per heavy atom. The number of hydrogen-bond acceptors (Lipinski definition) is 11. The fourth-order valence-electron chi connectivity index (χ4n) is 12.2. The smallest absolute Gasteiger partial charge is 0.187 e. The SMILES string of the molecule is CC(C)CCC[C@@H](C)C1CC[C@H]2[C@@H]3CC[C@H]4C[C@@H](O[C@@H]5O[C@@H](CO)[C@@H](O[C@@H]6O[C@@H](CO)[C@@H](O)[C@H](O)[C@@H]6O)[C@H](O)[C@@H]5O)CC[C@]4(C)[C@H]3CC[C@]12C. The molecule has 0 aromatic carbocycles. The largest absolute Gasteiger partial charge is 0.394 e. The number of ether oxygens (including phenoxy) is 4. The molecule has 4 aliphatic carbocycles. The van der Waals surface area contributed by atoms with Gasteiger partial charge in [-0.05, 0) is 110 Å². The summed E-state index contributed by atoms with van der Waals surface area (Å²) < 4.78 is 23.5. The summed E-state index contributed by atoms with van der Waals surface area (Å²) in [5.74, 6) is 5.29. The average Bonchev–Trinajstić information content (AvgIpc) is 3.45. The van der Waals surface area contributed by atoms with Gasteiger partial charge < -0.3 is 54.7 Å². The van der Waals surface area contributed by atoms with E-state index >= 15 is 0 Å². The molecule has 0 aromatic rings. The quantitative estimate of drug-likeness (QED) is 0.157. The Morgan fingerprint density at radius 3 is 2.00 bits per heavy atom. The van der Waals surface area contributed by atoms with Crippen molar-refractivity contribution in [2.24, 2.45) is 52.3 Å². The van der Waals surface area contributed by atoms with Gasteiger partial charge in [0.25, 0.3) is 0 Å². The normalized spacial score (nSPS) is 51.5. The molecule has 11 heteroatoms. The highest BCUT2D eigenvalue weighted by Gasteiger charge is 2.61. The molecule has 0 radical (unpaired) electrons. The van der Waals surface area contributed by atoms with Gasteiger partial charge in [0, 0.05) is 0 Å². The molecule has 7 N–H and O–H groups in total. The fraction of sp³-hybridized carbons (Fsp3) is 1.00. The van der Waals surface area contributed by atoms with Crippen LogP contribution in [0.25, 0.3) is 0 Å². The first kappa shape index (κ1) is 39.3. The summed E-state index contributed by atoms with van der Waals surface area (Å²) in [5.41, 5.74) is 0.722. The molecule has 50 heavy (non-hydrogen) atoms. The molecule has 0 spiro atoms. The lowest BCUT2D eigenvalue weighted by molar-refractivity contribution is -0.364. The molecular weight excluding hydrogens is 644 g/mol. The van der Waals surface area contributed by atoms with E-state index in [2.05, 4.69) is 34.6 Å². The van der Waals surface area contributed by atoms with Gasteiger partial charge in [-0.25, -0.2) is 0 Å². The summed E-state index contributed by atoms with van der Waals surface area (Å²) in [6.45, 7) is 11.2. The number of aliphatic hydroxyl groups excluding tert-OH is 7. The Morgan fingerprint density at radius 1 is 0.660 bits per heavy atom. The minimum atomic E-state index is -1.70. The monoisotopic (exact) mass is 712 g/mol. The first-order valence-electron chi connectivity index (χ1n) is 20.0. The van der Waals surface area contributed by atoms with E-state index in [1.54, 1.807) is 0 Å². The molecular formula is C39H68O11. The van der Waals surface area contributed by atoms with Gasteiger partial charge >= 0.3 is 0 Å². The molecule has 1 unspecified atom stereocenters. The predicted molar refractivity (Wildman–Crippen MR) is 184 cm³/mol. The van der Waals surface area contributed by atoms with Gasteiger partial charge in [-0.1, -0.05) is 53.9 Å². The van der Waals surface area contributed by atoms with E-state index in [4.69, 9.17) is 18.9 Å². The zero-order chi connectivity index (χ0) is 36.1. The van der Waals surface area contributed by atoms with Crippen molar-refractivity contribution < 1.29 is 54.7 Å². The van der Waals surface area contributed by atoms with Gasteiger partial charge in [0.15, 0.2) is 12.6 Å². The van der Waals surface area contributed by atoms with Gasteiger partial charge in [-0.15, -0.1) is 0 Å². The zero-order valence-corrected chi connectivity index (χ0v) is 31.1. The summed E-state index contributed by atoms with van der Waals surface area (Å²) in [6, 6.07) is 0. The fourth-order valence-corrected chi connectivity index (χ4v) is 12.2. The summed E-state index contributed by atoms with van der Waals surface area (Å²) in [5, 5.41) is 72.7. The third-order valence-electron chi connectivity index (χ3n) is 15.1. The lowest BCUT2D eigenvalue weighted by Crippen LogP contribution is -2.65. The third kappa shape index (κ3) is 7.21. The molecule has 0 amide bonds. The van der Waals surface area contributed by atoms with Crippen molar-refractivity contribution in [3.8, 4) is 0 Å². The van der Waals surface area contributed by atoms with Gasteiger partial charge in [0.2, 0.25) is 0 Å². The van der Waals surface area contributed by atoms with Crippen molar-refractivity contribution in [1.29, 1.82) is 0 Å². The van der Waals surface area contributed by atoms with Crippen LogP contribution < -0.4 is 0 Å². The van der Waals surface area contributed by atoms with Gasteiger partial charge in [0.05, 0.1) is 19.3 Å². The summed E-state index contributed by atoms with van der Waals surface area (Å²) in [6.07, 6.45) is 0.133. The Kier molecular flexibility index (Phi) is 12.4. The molecule has 11 nitrogen and oxygen atoms in total. The van der Waals surface area contributed by atoms with E-state index < -0.39 is 74.6 Å². The molecule has 6 rings (SSSR count). The van der Waals surface area contributed by atoms with Gasteiger partial charge in [-0.3, -0.25) is 0 Å². The Bertz CT molecular complexity index is 1110. The van der Waals surface area contributed by atoms with Crippen LogP contribution in [0.1, 0.15) is 112 Å². The number of fused-ring (bicyclic) bond motifs is 5. The van der Waals surface area contributed by atoms with Crippen molar-refractivity contribution in [2.75, 3.05) is 13.2 Å². The Hall–Kier alpha value is -0.440. The Labute approximate surface area is 299 Å². The maximum Gasteiger partial charge on any atom is 0.187 e. The maximum atomic E-state index is 11.1. The number of aliphatic hydroxyl groups is 7. The van der Waals surface area contributed by atoms with Crippen molar-refractivity contribution >= 4 is 0 Å². The van der Waals surface area contributed by atoms with Gasteiger partial charge in [-0.2, -0.15) is 0 Å². The van der Waals surface area contributed by atoms with E-state index in [1.165, 1.54) is 57.8 Å². The highest BCUT2D eigenvalue weighted by atomic mass is 16.7. The maximum absolute atomic E-state index is 11.1. The molecule has 6 fully saturated rings. The van der Waals surface area contributed by atoms with E-state index in [1.807, 2.05) is 0 Å². The van der Waals surface area contributed by atoms with E-state index in [-0.39, 0.29) is 11.5 Å². The van der Waals surface area contributed by atoms with Crippen LogP contribution in [0.3, 0.4) is 0 Å². The van der Waals surface area contributed by atoms with E-state index in [0.717, 1.165) is 54.8 Å².